The van der Waals surface area contributed by atoms with Gasteiger partial charge in [0, 0.05) is 13.1 Å². The zero-order valence-corrected chi connectivity index (χ0v) is 19.7. The van der Waals surface area contributed by atoms with Gasteiger partial charge in [0.1, 0.15) is 10.6 Å². The molecule has 2 aromatic carbocycles. The minimum atomic E-state index is -4.02. The van der Waals surface area contributed by atoms with Crippen molar-refractivity contribution in [2.75, 3.05) is 18.0 Å². The lowest BCUT2D eigenvalue weighted by Crippen LogP contribution is -2.27. The number of anilines is 1. The van der Waals surface area contributed by atoms with Gasteiger partial charge in [0.25, 0.3) is 0 Å². The fourth-order valence-corrected chi connectivity index (χ4v) is 3.96. The molecule has 0 atom stereocenters. The molecule has 168 valence electrons. The minimum absolute atomic E-state index is 0.0175. The van der Waals surface area contributed by atoms with Crippen LogP contribution < -0.4 is 14.8 Å². The first-order valence-corrected chi connectivity index (χ1v) is 12.4. The van der Waals surface area contributed by atoms with Crippen molar-refractivity contribution in [3.63, 3.8) is 0 Å². The number of hydrogen-bond acceptors (Lipinski definition) is 5. The second-order valence-corrected chi connectivity index (χ2v) is 9.53. The van der Waals surface area contributed by atoms with Crippen LogP contribution in [0.1, 0.15) is 70.4 Å². The summed E-state index contributed by atoms with van der Waals surface area (Å²) in [6.45, 7) is 9.90. The largest absolute Gasteiger partial charge is 0.454 e. The van der Waals surface area contributed by atoms with Crippen LogP contribution in [0.2, 0.25) is 0 Å². The van der Waals surface area contributed by atoms with E-state index < -0.39 is 10.0 Å². The summed E-state index contributed by atoms with van der Waals surface area (Å²) in [5, 5.41) is 14.7. The Labute approximate surface area is 186 Å². The van der Waals surface area contributed by atoms with E-state index in [0.29, 0.717) is 11.3 Å². The Morgan fingerprint density at radius 1 is 1.06 bits per heavy atom. The molecule has 0 spiro atoms. The van der Waals surface area contributed by atoms with Crippen LogP contribution in [0.3, 0.4) is 0 Å². The van der Waals surface area contributed by atoms with Crippen LogP contribution in [0.4, 0.5) is 5.69 Å². The van der Waals surface area contributed by atoms with E-state index in [-0.39, 0.29) is 16.6 Å². The Morgan fingerprint density at radius 3 is 2.10 bits per heavy atom. The highest BCUT2D eigenvalue weighted by molar-refractivity contribution is 7.89. The highest BCUT2D eigenvalue weighted by Crippen LogP contribution is 2.41. The summed E-state index contributed by atoms with van der Waals surface area (Å²) in [7, 11) is -4.02. The van der Waals surface area contributed by atoms with Crippen LogP contribution in [-0.2, 0) is 10.0 Å². The molecule has 7 heteroatoms. The second-order valence-electron chi connectivity index (χ2n) is 8.00. The van der Waals surface area contributed by atoms with E-state index in [1.54, 1.807) is 30.3 Å². The lowest BCUT2D eigenvalue weighted by Gasteiger charge is -2.29. The smallest absolute Gasteiger partial charge is 0.241 e. The molecule has 0 radical (unpaired) electrons. The Hall–Kier alpha value is -2.56. The number of hydrogen-bond donors (Lipinski definition) is 1. The predicted octanol–water partition coefficient (Wildman–Crippen LogP) is 5.53. The number of benzene rings is 2. The second kappa shape index (κ2) is 11.2. The van der Waals surface area contributed by atoms with Crippen molar-refractivity contribution in [3.8, 4) is 17.6 Å². The van der Waals surface area contributed by atoms with E-state index in [9.17, 15) is 8.42 Å². The van der Waals surface area contributed by atoms with Crippen molar-refractivity contribution in [3.05, 3.63) is 47.5 Å². The summed E-state index contributed by atoms with van der Waals surface area (Å²) >= 11 is 0. The molecular formula is C24H33N3O3S. The average molecular weight is 444 g/mol. The fourth-order valence-electron chi connectivity index (χ4n) is 3.26. The molecule has 0 fully saturated rings. The molecule has 0 saturated heterocycles. The Balaban J connectivity index is 2.70. The van der Waals surface area contributed by atoms with Crippen LogP contribution >= 0.6 is 0 Å². The van der Waals surface area contributed by atoms with Crippen molar-refractivity contribution in [2.45, 2.75) is 64.2 Å². The molecule has 0 saturated carbocycles. The van der Waals surface area contributed by atoms with E-state index in [4.69, 9.17) is 15.1 Å². The molecule has 0 aliphatic heterocycles. The third-order valence-electron chi connectivity index (χ3n) is 5.14. The van der Waals surface area contributed by atoms with Crippen LogP contribution in [0, 0.1) is 11.3 Å². The molecule has 2 rings (SSSR count). The number of sulfonamides is 1. The van der Waals surface area contributed by atoms with Crippen molar-refractivity contribution >= 4 is 15.7 Å². The molecule has 0 aromatic heterocycles. The van der Waals surface area contributed by atoms with Crippen LogP contribution in [-0.4, -0.2) is 21.5 Å². The third-order valence-corrected chi connectivity index (χ3v) is 6.05. The van der Waals surface area contributed by atoms with Crippen molar-refractivity contribution in [1.29, 1.82) is 5.26 Å². The zero-order valence-electron chi connectivity index (χ0n) is 18.9. The standard InChI is InChI=1S/C24H33N3O3S/c1-5-7-13-27(14-8-6-2)22-15-20(18(3)4)16-23(31(26,28)29)24(22)30-21-11-9-19(17-25)10-12-21/h9-12,15-16,18H,5-8,13-14H2,1-4H3,(H2,26,28,29). The molecule has 0 unspecified atom stereocenters. The molecule has 0 bridgehead atoms. The fraction of sp³-hybridized carbons (Fsp3) is 0.458. The Bertz CT molecular complexity index is 1000. The van der Waals surface area contributed by atoms with Gasteiger partial charge in [-0.3, -0.25) is 0 Å². The number of rotatable bonds is 11. The first-order valence-electron chi connectivity index (χ1n) is 10.8. The van der Waals surface area contributed by atoms with Gasteiger partial charge in [0.05, 0.1) is 17.3 Å². The van der Waals surface area contributed by atoms with Gasteiger partial charge in [0.15, 0.2) is 5.75 Å². The van der Waals surface area contributed by atoms with E-state index in [2.05, 4.69) is 24.8 Å². The molecule has 31 heavy (non-hydrogen) atoms. The lowest BCUT2D eigenvalue weighted by molar-refractivity contribution is 0.464. The normalized spacial score (nSPS) is 11.4. The van der Waals surface area contributed by atoms with Crippen LogP contribution in [0.25, 0.3) is 0 Å². The van der Waals surface area contributed by atoms with Crippen molar-refractivity contribution < 1.29 is 13.2 Å². The quantitative estimate of drug-likeness (QED) is 0.493. The summed E-state index contributed by atoms with van der Waals surface area (Å²) in [6.07, 6.45) is 4.02. The monoisotopic (exact) mass is 443 g/mol. The van der Waals surface area contributed by atoms with Gasteiger partial charge < -0.3 is 9.64 Å². The van der Waals surface area contributed by atoms with Crippen molar-refractivity contribution in [1.82, 2.24) is 0 Å². The summed E-state index contributed by atoms with van der Waals surface area (Å²) in [4.78, 5) is 2.18. The van der Waals surface area contributed by atoms with Gasteiger partial charge >= 0.3 is 0 Å². The van der Waals surface area contributed by atoms with Crippen LogP contribution in [0.5, 0.6) is 11.5 Å². The summed E-state index contributed by atoms with van der Waals surface area (Å²) in [5.74, 6) is 0.819. The highest BCUT2D eigenvalue weighted by atomic mass is 32.2. The highest BCUT2D eigenvalue weighted by Gasteiger charge is 2.25. The first kappa shape index (κ1) is 24.7. The maximum absolute atomic E-state index is 12.6. The topological polar surface area (TPSA) is 96.4 Å². The molecule has 0 heterocycles. The summed E-state index contributed by atoms with van der Waals surface area (Å²) < 4.78 is 31.2. The Kier molecular flexibility index (Phi) is 8.90. The van der Waals surface area contributed by atoms with Crippen molar-refractivity contribution in [2.24, 2.45) is 5.14 Å². The molecule has 0 amide bonds. The first-order chi connectivity index (χ1) is 14.7. The van der Waals surface area contributed by atoms with E-state index in [1.165, 1.54) is 0 Å². The number of nitrogens with zero attached hydrogens (tertiary/aromatic N) is 2. The maximum atomic E-state index is 12.6. The number of nitrogens with two attached hydrogens (primary N) is 1. The number of ether oxygens (including phenoxy) is 1. The van der Waals surface area contributed by atoms with Gasteiger partial charge in [-0.15, -0.1) is 0 Å². The van der Waals surface area contributed by atoms with E-state index in [0.717, 1.165) is 50.0 Å². The lowest BCUT2D eigenvalue weighted by atomic mass is 10.0. The van der Waals surface area contributed by atoms with Gasteiger partial charge in [-0.25, -0.2) is 13.6 Å². The Morgan fingerprint density at radius 2 is 1.65 bits per heavy atom. The molecular weight excluding hydrogens is 410 g/mol. The molecule has 2 N–H and O–H groups in total. The summed E-state index contributed by atoms with van der Waals surface area (Å²) in [5.41, 5.74) is 2.13. The van der Waals surface area contributed by atoms with Gasteiger partial charge in [0.2, 0.25) is 10.0 Å². The van der Waals surface area contributed by atoms with Gasteiger partial charge in [-0.2, -0.15) is 5.26 Å². The summed E-state index contributed by atoms with van der Waals surface area (Å²) in [6, 6.07) is 12.3. The number of unbranched alkanes of at least 4 members (excludes halogenated alkanes) is 2. The molecule has 0 aliphatic rings. The van der Waals surface area contributed by atoms with Gasteiger partial charge in [-0.05, 0) is 60.7 Å². The number of primary sulfonamides is 1. The van der Waals surface area contributed by atoms with Crippen LogP contribution in [0.15, 0.2) is 41.3 Å². The van der Waals surface area contributed by atoms with E-state index >= 15 is 0 Å². The average Bonchev–Trinajstić information content (AvgIpc) is 2.73. The molecule has 2 aromatic rings. The maximum Gasteiger partial charge on any atom is 0.241 e. The zero-order chi connectivity index (χ0) is 23.0. The molecule has 6 nitrogen and oxygen atoms in total. The van der Waals surface area contributed by atoms with Gasteiger partial charge in [-0.1, -0.05) is 40.5 Å². The van der Waals surface area contributed by atoms with E-state index in [1.807, 2.05) is 19.9 Å². The molecule has 0 aliphatic carbocycles. The minimum Gasteiger partial charge on any atom is -0.454 e. The SMILES string of the molecule is CCCCN(CCCC)c1cc(C(C)C)cc(S(N)(=O)=O)c1Oc1ccc(C#N)cc1. The predicted molar refractivity (Wildman–Crippen MR) is 125 cm³/mol. The number of nitriles is 1. The third kappa shape index (κ3) is 6.71.